The van der Waals surface area contributed by atoms with E-state index in [1.165, 1.54) is 11.1 Å². The highest BCUT2D eigenvalue weighted by Gasteiger charge is 2.15. The minimum absolute atomic E-state index is 0.590. The predicted octanol–water partition coefficient (Wildman–Crippen LogP) is 2.28. The van der Waals surface area contributed by atoms with E-state index in [0.717, 1.165) is 19.4 Å². The molecular formula is C12H15N. The molecular weight excluding hydrogens is 158 g/mol. The Morgan fingerprint density at radius 2 is 2.15 bits per heavy atom. The number of nitrogens with one attached hydrogen (secondary N) is 1. The van der Waals surface area contributed by atoms with Crippen molar-refractivity contribution >= 4 is 0 Å². The van der Waals surface area contributed by atoms with Gasteiger partial charge in [0.2, 0.25) is 0 Å². The molecule has 0 aromatic heterocycles. The second-order valence-electron chi connectivity index (χ2n) is 3.58. The van der Waals surface area contributed by atoms with Crippen LogP contribution in [0.4, 0.5) is 0 Å². The third-order valence-corrected chi connectivity index (χ3v) is 2.62. The molecule has 0 saturated carbocycles. The van der Waals surface area contributed by atoms with Crippen LogP contribution in [-0.2, 0) is 13.0 Å². The smallest absolute Gasteiger partial charge is 0.0211 e. The topological polar surface area (TPSA) is 12.0 Å². The number of fused-ring (bicyclic) bond motifs is 1. The SMILES string of the molecule is C=CCC1Cc2ccccc2CN1. The molecule has 0 bridgehead atoms. The van der Waals surface area contributed by atoms with E-state index in [2.05, 4.69) is 36.2 Å². The van der Waals surface area contributed by atoms with Gasteiger partial charge in [-0.05, 0) is 24.0 Å². The summed E-state index contributed by atoms with van der Waals surface area (Å²) in [6.07, 6.45) is 4.20. The van der Waals surface area contributed by atoms with E-state index in [-0.39, 0.29) is 0 Å². The van der Waals surface area contributed by atoms with Crippen molar-refractivity contribution in [1.82, 2.24) is 5.32 Å². The summed E-state index contributed by atoms with van der Waals surface area (Å²) in [6.45, 7) is 4.78. The lowest BCUT2D eigenvalue weighted by atomic mass is 9.94. The van der Waals surface area contributed by atoms with Gasteiger partial charge in [-0.25, -0.2) is 0 Å². The molecule has 0 aliphatic carbocycles. The van der Waals surface area contributed by atoms with Crippen LogP contribution in [-0.4, -0.2) is 6.04 Å². The first-order valence-corrected chi connectivity index (χ1v) is 4.81. The molecule has 68 valence electrons. The second kappa shape index (κ2) is 3.75. The van der Waals surface area contributed by atoms with Crippen LogP contribution in [0.5, 0.6) is 0 Å². The second-order valence-corrected chi connectivity index (χ2v) is 3.58. The lowest BCUT2D eigenvalue weighted by Crippen LogP contribution is -2.34. The first-order valence-electron chi connectivity index (χ1n) is 4.81. The van der Waals surface area contributed by atoms with E-state index >= 15 is 0 Å². The lowest BCUT2D eigenvalue weighted by Gasteiger charge is -2.25. The van der Waals surface area contributed by atoms with Crippen LogP contribution in [0.2, 0.25) is 0 Å². The first-order chi connectivity index (χ1) is 6.40. The zero-order valence-electron chi connectivity index (χ0n) is 7.79. The summed E-state index contributed by atoms with van der Waals surface area (Å²) in [5.41, 5.74) is 2.94. The van der Waals surface area contributed by atoms with Gasteiger partial charge in [0, 0.05) is 12.6 Å². The van der Waals surface area contributed by atoms with Crippen LogP contribution < -0.4 is 5.32 Å². The molecule has 1 N–H and O–H groups in total. The Bertz CT molecular complexity index is 304. The zero-order chi connectivity index (χ0) is 9.10. The molecule has 0 spiro atoms. The highest BCUT2D eigenvalue weighted by Crippen LogP contribution is 2.17. The van der Waals surface area contributed by atoms with Crippen molar-refractivity contribution in [1.29, 1.82) is 0 Å². The molecule has 1 heteroatoms. The van der Waals surface area contributed by atoms with Gasteiger partial charge in [-0.1, -0.05) is 30.3 Å². The summed E-state index contributed by atoms with van der Waals surface area (Å²) in [6, 6.07) is 9.25. The van der Waals surface area contributed by atoms with Crippen LogP contribution in [0.1, 0.15) is 17.5 Å². The molecule has 1 nitrogen and oxygen atoms in total. The highest BCUT2D eigenvalue weighted by atomic mass is 14.9. The van der Waals surface area contributed by atoms with Crippen LogP contribution in [0.15, 0.2) is 36.9 Å². The molecule has 1 aromatic rings. The van der Waals surface area contributed by atoms with Crippen molar-refractivity contribution in [3.63, 3.8) is 0 Å². The molecule has 2 rings (SSSR count). The fourth-order valence-corrected chi connectivity index (χ4v) is 1.89. The average molecular weight is 173 g/mol. The largest absolute Gasteiger partial charge is 0.309 e. The van der Waals surface area contributed by atoms with E-state index < -0.39 is 0 Å². The van der Waals surface area contributed by atoms with E-state index in [1.54, 1.807) is 0 Å². The van der Waals surface area contributed by atoms with Gasteiger partial charge in [-0.3, -0.25) is 0 Å². The van der Waals surface area contributed by atoms with Gasteiger partial charge >= 0.3 is 0 Å². The van der Waals surface area contributed by atoms with Crippen molar-refractivity contribution in [3.8, 4) is 0 Å². The fourth-order valence-electron chi connectivity index (χ4n) is 1.89. The minimum atomic E-state index is 0.590. The number of hydrogen-bond acceptors (Lipinski definition) is 1. The molecule has 0 radical (unpaired) electrons. The Labute approximate surface area is 79.5 Å². The average Bonchev–Trinajstić information content (AvgIpc) is 2.18. The van der Waals surface area contributed by atoms with Crippen LogP contribution in [0.25, 0.3) is 0 Å². The van der Waals surface area contributed by atoms with Crippen molar-refractivity contribution < 1.29 is 0 Å². The monoisotopic (exact) mass is 173 g/mol. The van der Waals surface area contributed by atoms with Crippen LogP contribution in [0.3, 0.4) is 0 Å². The summed E-state index contributed by atoms with van der Waals surface area (Å²) in [5, 5.41) is 3.50. The molecule has 1 unspecified atom stereocenters. The van der Waals surface area contributed by atoms with Gasteiger partial charge in [0.15, 0.2) is 0 Å². The van der Waals surface area contributed by atoms with E-state index in [1.807, 2.05) is 6.08 Å². The van der Waals surface area contributed by atoms with Crippen LogP contribution in [0, 0.1) is 0 Å². The Morgan fingerprint density at radius 1 is 1.38 bits per heavy atom. The van der Waals surface area contributed by atoms with Gasteiger partial charge in [0.1, 0.15) is 0 Å². The number of rotatable bonds is 2. The third-order valence-electron chi connectivity index (χ3n) is 2.62. The van der Waals surface area contributed by atoms with E-state index in [4.69, 9.17) is 0 Å². The van der Waals surface area contributed by atoms with Crippen molar-refractivity contribution in [2.45, 2.75) is 25.4 Å². The maximum atomic E-state index is 3.77. The lowest BCUT2D eigenvalue weighted by molar-refractivity contribution is 0.484. The summed E-state index contributed by atoms with van der Waals surface area (Å²) >= 11 is 0. The Hall–Kier alpha value is -1.08. The van der Waals surface area contributed by atoms with Gasteiger partial charge in [0.25, 0.3) is 0 Å². The van der Waals surface area contributed by atoms with Crippen molar-refractivity contribution in [2.75, 3.05) is 0 Å². The molecule has 13 heavy (non-hydrogen) atoms. The Balaban J connectivity index is 2.15. The maximum absolute atomic E-state index is 3.77. The quantitative estimate of drug-likeness (QED) is 0.676. The number of hydrogen-bond donors (Lipinski definition) is 1. The summed E-state index contributed by atoms with van der Waals surface area (Å²) in [5.74, 6) is 0. The summed E-state index contributed by atoms with van der Waals surface area (Å²) in [7, 11) is 0. The van der Waals surface area contributed by atoms with Gasteiger partial charge < -0.3 is 5.32 Å². The molecule has 1 heterocycles. The first kappa shape index (κ1) is 8.52. The molecule has 1 aromatic carbocycles. The fraction of sp³-hybridized carbons (Fsp3) is 0.333. The zero-order valence-corrected chi connectivity index (χ0v) is 7.79. The Kier molecular flexibility index (Phi) is 2.46. The van der Waals surface area contributed by atoms with Crippen molar-refractivity contribution in [3.05, 3.63) is 48.0 Å². The van der Waals surface area contributed by atoms with Gasteiger partial charge in [0.05, 0.1) is 0 Å². The molecule has 0 fully saturated rings. The van der Waals surface area contributed by atoms with Gasteiger partial charge in [-0.15, -0.1) is 6.58 Å². The predicted molar refractivity (Wildman–Crippen MR) is 55.6 cm³/mol. The molecule has 0 saturated heterocycles. The summed E-state index contributed by atoms with van der Waals surface area (Å²) < 4.78 is 0. The Morgan fingerprint density at radius 3 is 2.92 bits per heavy atom. The molecule has 1 aliphatic heterocycles. The van der Waals surface area contributed by atoms with E-state index in [9.17, 15) is 0 Å². The van der Waals surface area contributed by atoms with Crippen molar-refractivity contribution in [2.24, 2.45) is 0 Å². The third kappa shape index (κ3) is 1.81. The molecule has 0 amide bonds. The highest BCUT2D eigenvalue weighted by molar-refractivity contribution is 5.29. The van der Waals surface area contributed by atoms with E-state index in [0.29, 0.717) is 6.04 Å². The minimum Gasteiger partial charge on any atom is -0.309 e. The normalized spacial score (nSPS) is 20.8. The maximum Gasteiger partial charge on any atom is 0.0211 e. The molecule has 1 atom stereocenters. The number of benzene rings is 1. The molecule has 1 aliphatic rings. The standard InChI is InChI=1S/C12H15N/c1-2-5-12-8-10-6-3-4-7-11(10)9-13-12/h2-4,6-7,12-13H,1,5,8-9H2. The summed E-state index contributed by atoms with van der Waals surface area (Å²) in [4.78, 5) is 0. The van der Waals surface area contributed by atoms with Crippen LogP contribution >= 0.6 is 0 Å². The van der Waals surface area contributed by atoms with Gasteiger partial charge in [-0.2, -0.15) is 0 Å².